The van der Waals surface area contributed by atoms with Crippen molar-refractivity contribution in [3.05, 3.63) is 0 Å². The van der Waals surface area contributed by atoms with Gasteiger partial charge in [0.25, 0.3) is 0 Å². The van der Waals surface area contributed by atoms with E-state index in [2.05, 4.69) is 6.92 Å². The lowest BCUT2D eigenvalue weighted by Crippen LogP contribution is -2.30. The lowest BCUT2D eigenvalue weighted by atomic mass is 10.1. The molecule has 1 aliphatic carbocycles. The van der Waals surface area contributed by atoms with Gasteiger partial charge in [0, 0.05) is 6.54 Å². The third kappa shape index (κ3) is 1.97. The highest BCUT2D eigenvalue weighted by atomic mass is 16.2. The van der Waals surface area contributed by atoms with E-state index in [0.717, 1.165) is 12.5 Å². The molecule has 3 heteroatoms. The molecule has 1 amide bonds. The Labute approximate surface area is 84.5 Å². The lowest BCUT2D eigenvalue weighted by molar-refractivity contribution is -0.128. The van der Waals surface area contributed by atoms with E-state index in [4.69, 9.17) is 0 Å². The molecule has 0 radical (unpaired) electrons. The fourth-order valence-corrected chi connectivity index (χ4v) is 2.61. The van der Waals surface area contributed by atoms with Gasteiger partial charge < -0.3 is 4.90 Å². The van der Waals surface area contributed by atoms with Crippen LogP contribution in [0.4, 0.5) is 0 Å². The molecule has 78 valence electrons. The zero-order chi connectivity index (χ0) is 10.1. The molecule has 0 aromatic heterocycles. The molecule has 1 heterocycles. The monoisotopic (exact) mass is 195 g/mol. The van der Waals surface area contributed by atoms with Gasteiger partial charge in [-0.05, 0) is 24.7 Å². The van der Waals surface area contributed by atoms with Crippen LogP contribution < -0.4 is 0 Å². The van der Waals surface area contributed by atoms with Gasteiger partial charge in [0.05, 0.1) is 13.0 Å². The molecule has 0 aromatic rings. The number of hydrogen-bond donors (Lipinski definition) is 0. The molecule has 3 nitrogen and oxygen atoms in total. The van der Waals surface area contributed by atoms with Crippen molar-refractivity contribution in [3.63, 3.8) is 0 Å². The Morgan fingerprint density at radius 2 is 2.14 bits per heavy atom. The van der Waals surface area contributed by atoms with Crippen LogP contribution in [0.25, 0.3) is 0 Å². The van der Waals surface area contributed by atoms with Crippen LogP contribution in [0.15, 0.2) is 0 Å². The van der Waals surface area contributed by atoms with Crippen molar-refractivity contribution in [1.82, 2.24) is 4.90 Å². The second kappa shape index (κ2) is 3.71. The zero-order valence-corrected chi connectivity index (χ0v) is 8.66. The molecule has 2 rings (SSSR count). The second-order valence-corrected chi connectivity index (χ2v) is 4.77. The molecule has 1 saturated carbocycles. The number of hydrogen-bond acceptors (Lipinski definition) is 2. The minimum absolute atomic E-state index is 0.0366. The van der Waals surface area contributed by atoms with Gasteiger partial charge in [0.2, 0.25) is 5.91 Å². The fourth-order valence-electron chi connectivity index (χ4n) is 2.61. The Morgan fingerprint density at radius 3 is 2.64 bits per heavy atom. The lowest BCUT2D eigenvalue weighted by Gasteiger charge is -2.19. The van der Waals surface area contributed by atoms with Crippen LogP contribution in [-0.2, 0) is 9.59 Å². The summed E-state index contributed by atoms with van der Waals surface area (Å²) in [4.78, 5) is 24.1. The predicted octanol–water partition coefficient (Wildman–Crippen LogP) is 1.22. The van der Waals surface area contributed by atoms with E-state index >= 15 is 0 Å². The molecule has 2 aliphatic rings. The average molecular weight is 195 g/mol. The molecule has 0 spiro atoms. The summed E-state index contributed by atoms with van der Waals surface area (Å²) in [6, 6.07) is 0. The Balaban J connectivity index is 1.86. The third-order valence-electron chi connectivity index (χ3n) is 3.35. The van der Waals surface area contributed by atoms with Gasteiger partial charge in [-0.3, -0.25) is 9.59 Å². The molecular formula is C11H17NO2. The molecule has 14 heavy (non-hydrogen) atoms. The third-order valence-corrected chi connectivity index (χ3v) is 3.35. The summed E-state index contributed by atoms with van der Waals surface area (Å²) in [5.41, 5.74) is 0. The van der Waals surface area contributed by atoms with E-state index in [1.807, 2.05) is 0 Å². The van der Waals surface area contributed by atoms with Crippen LogP contribution in [0.3, 0.4) is 0 Å². The maximum atomic E-state index is 11.4. The summed E-state index contributed by atoms with van der Waals surface area (Å²) in [6.07, 6.45) is 3.86. The number of likely N-dealkylation sites (tertiary alicyclic amines) is 1. The highest BCUT2D eigenvalue weighted by Gasteiger charge is 2.31. The maximum Gasteiger partial charge on any atom is 0.230 e. The topological polar surface area (TPSA) is 37.4 Å². The van der Waals surface area contributed by atoms with Crippen molar-refractivity contribution >= 4 is 11.7 Å². The van der Waals surface area contributed by atoms with Crippen LogP contribution in [-0.4, -0.2) is 29.7 Å². The van der Waals surface area contributed by atoms with Crippen molar-refractivity contribution in [2.45, 2.75) is 32.6 Å². The first-order valence-corrected chi connectivity index (χ1v) is 5.44. The second-order valence-electron chi connectivity index (χ2n) is 4.77. The minimum atomic E-state index is 0.0366. The van der Waals surface area contributed by atoms with Gasteiger partial charge in [0.1, 0.15) is 0 Å². The number of amides is 1. The number of nitrogens with zero attached hydrogens (tertiary/aromatic N) is 1. The van der Waals surface area contributed by atoms with Gasteiger partial charge in [-0.2, -0.15) is 0 Å². The first-order chi connectivity index (χ1) is 6.65. The standard InChI is InChI=1S/C11H17NO2/c1-8-2-3-9(4-8)6-12-7-10(13)5-11(12)14/h8-9H,2-7H2,1H3. The highest BCUT2D eigenvalue weighted by Crippen LogP contribution is 2.31. The van der Waals surface area contributed by atoms with Gasteiger partial charge >= 0.3 is 0 Å². The maximum absolute atomic E-state index is 11.4. The molecule has 0 aromatic carbocycles. The summed E-state index contributed by atoms with van der Waals surface area (Å²) >= 11 is 0. The minimum Gasteiger partial charge on any atom is -0.335 e. The molecule has 0 bridgehead atoms. The molecule has 1 saturated heterocycles. The Morgan fingerprint density at radius 1 is 1.36 bits per heavy atom. The van der Waals surface area contributed by atoms with Crippen LogP contribution in [0, 0.1) is 11.8 Å². The predicted molar refractivity (Wildman–Crippen MR) is 52.7 cm³/mol. The summed E-state index contributed by atoms with van der Waals surface area (Å²) in [7, 11) is 0. The van der Waals surface area contributed by atoms with Crippen molar-refractivity contribution in [3.8, 4) is 0 Å². The van der Waals surface area contributed by atoms with Crippen molar-refractivity contribution < 1.29 is 9.59 Å². The van der Waals surface area contributed by atoms with Crippen LogP contribution in [0.1, 0.15) is 32.6 Å². The number of carbonyl (C=O) groups excluding carboxylic acids is 2. The van der Waals surface area contributed by atoms with Crippen molar-refractivity contribution in [2.75, 3.05) is 13.1 Å². The number of rotatable bonds is 2. The average Bonchev–Trinajstić information content (AvgIpc) is 2.61. The van der Waals surface area contributed by atoms with E-state index in [-0.39, 0.29) is 18.1 Å². The van der Waals surface area contributed by atoms with Crippen molar-refractivity contribution in [2.24, 2.45) is 11.8 Å². The quantitative estimate of drug-likeness (QED) is 0.621. The number of carbonyl (C=O) groups is 2. The SMILES string of the molecule is CC1CCC(CN2CC(=O)CC2=O)C1. The highest BCUT2D eigenvalue weighted by molar-refractivity contribution is 6.05. The largest absolute Gasteiger partial charge is 0.335 e. The Bertz CT molecular complexity index is 262. The normalized spacial score (nSPS) is 33.1. The first-order valence-electron chi connectivity index (χ1n) is 5.44. The molecule has 2 unspecified atom stereocenters. The van der Waals surface area contributed by atoms with Crippen LogP contribution in [0.5, 0.6) is 0 Å². The van der Waals surface area contributed by atoms with E-state index < -0.39 is 0 Å². The van der Waals surface area contributed by atoms with E-state index in [1.165, 1.54) is 19.3 Å². The molecule has 1 aliphatic heterocycles. The zero-order valence-electron chi connectivity index (χ0n) is 8.66. The number of Topliss-reactive ketones (excluding diaryl/α,β-unsaturated/α-hetero) is 1. The van der Waals surface area contributed by atoms with Crippen molar-refractivity contribution in [1.29, 1.82) is 0 Å². The molecular weight excluding hydrogens is 178 g/mol. The molecule has 0 N–H and O–H groups in total. The fraction of sp³-hybridized carbons (Fsp3) is 0.818. The first kappa shape index (κ1) is 9.69. The van der Waals surface area contributed by atoms with Gasteiger partial charge in [-0.15, -0.1) is 0 Å². The van der Waals surface area contributed by atoms with E-state index in [0.29, 0.717) is 12.5 Å². The van der Waals surface area contributed by atoms with Gasteiger partial charge in [0.15, 0.2) is 5.78 Å². The van der Waals surface area contributed by atoms with Gasteiger partial charge in [-0.25, -0.2) is 0 Å². The van der Waals surface area contributed by atoms with Gasteiger partial charge in [-0.1, -0.05) is 13.3 Å². The molecule has 2 atom stereocenters. The smallest absolute Gasteiger partial charge is 0.230 e. The Hall–Kier alpha value is -0.860. The summed E-state index contributed by atoms with van der Waals surface area (Å²) in [5.74, 6) is 1.56. The summed E-state index contributed by atoms with van der Waals surface area (Å²) < 4.78 is 0. The summed E-state index contributed by atoms with van der Waals surface area (Å²) in [5, 5.41) is 0. The van der Waals surface area contributed by atoms with Crippen LogP contribution in [0.2, 0.25) is 0 Å². The van der Waals surface area contributed by atoms with E-state index in [9.17, 15) is 9.59 Å². The Kier molecular flexibility index (Phi) is 2.57. The van der Waals surface area contributed by atoms with Crippen LogP contribution >= 0.6 is 0 Å². The van der Waals surface area contributed by atoms with E-state index in [1.54, 1.807) is 4.90 Å². The summed E-state index contributed by atoms with van der Waals surface area (Å²) in [6.45, 7) is 3.44. The number of ketones is 1. The molecule has 2 fully saturated rings.